The minimum atomic E-state index is -4.64. The number of ether oxygens (including phenoxy) is 2. The van der Waals surface area contributed by atoms with Gasteiger partial charge in [-0.3, -0.25) is 14.1 Å². The lowest BCUT2D eigenvalue weighted by molar-refractivity contribution is -0.288. The topological polar surface area (TPSA) is 189 Å². The molecule has 39 heavy (non-hydrogen) atoms. The summed E-state index contributed by atoms with van der Waals surface area (Å²) in [5.74, 6) is -0.399. The van der Waals surface area contributed by atoms with Gasteiger partial charge in [0, 0.05) is 24.7 Å². The lowest BCUT2D eigenvalue weighted by atomic mass is 9.55. The highest BCUT2D eigenvalue weighted by atomic mass is 32.3. The molecule has 0 spiro atoms. The lowest BCUT2D eigenvalue weighted by Gasteiger charge is -2.50. The summed E-state index contributed by atoms with van der Waals surface area (Å²) in [7, 11) is -4.64. The molecule has 3 fully saturated rings. The molecule has 1 saturated heterocycles. The zero-order valence-electron chi connectivity index (χ0n) is 21.7. The van der Waals surface area contributed by atoms with Crippen LogP contribution >= 0.6 is 0 Å². The SMILES string of the molecule is CC(=O)N[C@H]1[C@H](O[C@H]2CC(=O)[C@@]3(C)CC[C@@H]4c5ccc(OS(=O)(=O)O)cc5CC[C@H]4[C@H]23)O[C@H](CO)[C@@H](O)[C@@H]1O. The largest absolute Gasteiger partial charge is 0.446 e. The standard InChI is InChI=1S/C26H35NO11S/c1-12(29)27-22-24(32)23(31)19(11-28)37-25(22)36-18-10-20(30)26(2)8-7-16-15-6-4-14(38-39(33,34)35)9-13(15)3-5-17(16)21(18)26/h4,6,9,16-19,21-25,28,31-32H,3,5,7-8,10-11H2,1-2H3,(H,27,29)(H,33,34,35)/t16-,17-,18+,19-,21-,22-,23-,24-,25-,26-/m1/s1. The molecule has 1 aromatic rings. The molecule has 1 heterocycles. The number of hydrogen-bond acceptors (Lipinski definition) is 10. The van der Waals surface area contributed by atoms with E-state index < -0.39 is 65.1 Å². The van der Waals surface area contributed by atoms with E-state index in [-0.39, 0.29) is 35.7 Å². The zero-order chi connectivity index (χ0) is 28.3. The van der Waals surface area contributed by atoms with Gasteiger partial charge in [0.05, 0.1) is 12.7 Å². The second kappa shape index (κ2) is 10.4. The number of aliphatic hydroxyl groups excluding tert-OH is 3. The third-order valence-corrected chi connectivity index (χ3v) is 9.54. The number of fused-ring (bicyclic) bond motifs is 5. The molecule has 216 valence electrons. The van der Waals surface area contributed by atoms with Crippen molar-refractivity contribution in [1.82, 2.24) is 5.32 Å². The van der Waals surface area contributed by atoms with Crippen molar-refractivity contribution >= 4 is 22.1 Å². The number of aliphatic hydroxyl groups is 3. The number of nitrogens with one attached hydrogen (secondary N) is 1. The molecule has 0 unspecified atom stereocenters. The summed E-state index contributed by atoms with van der Waals surface area (Å²) in [6.45, 7) is 2.66. The van der Waals surface area contributed by atoms with Crippen molar-refractivity contribution in [3.63, 3.8) is 0 Å². The molecule has 1 aliphatic heterocycles. The molecule has 10 atom stereocenters. The van der Waals surface area contributed by atoms with Crippen molar-refractivity contribution in [2.45, 2.75) is 88.6 Å². The Morgan fingerprint density at radius 3 is 2.64 bits per heavy atom. The van der Waals surface area contributed by atoms with E-state index in [2.05, 4.69) is 9.50 Å². The molecule has 0 aromatic heterocycles. The maximum absolute atomic E-state index is 13.4. The van der Waals surface area contributed by atoms with Crippen LogP contribution in [-0.2, 0) is 35.9 Å². The Kier molecular flexibility index (Phi) is 7.55. The normalized spacial score (nSPS) is 39.8. The van der Waals surface area contributed by atoms with Gasteiger partial charge in [-0.05, 0) is 60.8 Å². The highest BCUT2D eigenvalue weighted by molar-refractivity contribution is 7.81. The number of ketones is 1. The minimum Gasteiger partial charge on any atom is -0.394 e. The molecular formula is C26H35NO11S. The molecule has 3 aliphatic carbocycles. The first-order chi connectivity index (χ1) is 18.3. The van der Waals surface area contributed by atoms with E-state index in [4.69, 9.17) is 14.0 Å². The fourth-order valence-corrected chi connectivity index (χ4v) is 7.77. The van der Waals surface area contributed by atoms with Crippen molar-refractivity contribution < 1.29 is 51.5 Å². The average molecular weight is 570 g/mol. The predicted molar refractivity (Wildman–Crippen MR) is 134 cm³/mol. The predicted octanol–water partition coefficient (Wildman–Crippen LogP) is 0.232. The Bertz CT molecular complexity index is 1240. The van der Waals surface area contributed by atoms with Crippen LogP contribution in [0.5, 0.6) is 5.75 Å². The van der Waals surface area contributed by atoms with E-state index in [0.29, 0.717) is 19.3 Å². The molecule has 1 aromatic carbocycles. The highest BCUT2D eigenvalue weighted by Crippen LogP contribution is 2.60. The van der Waals surface area contributed by atoms with E-state index in [1.54, 1.807) is 6.07 Å². The van der Waals surface area contributed by atoms with Gasteiger partial charge in [-0.1, -0.05) is 13.0 Å². The summed E-state index contributed by atoms with van der Waals surface area (Å²) in [6.07, 6.45) is -2.96. The Labute approximate surface area is 226 Å². The molecule has 1 amide bonds. The van der Waals surface area contributed by atoms with Crippen LogP contribution in [0.25, 0.3) is 0 Å². The summed E-state index contributed by atoms with van der Waals surface area (Å²) >= 11 is 0. The number of Topliss-reactive ketones (excluding diaryl/α,β-unsaturated/α-hetero) is 1. The molecule has 12 nitrogen and oxygen atoms in total. The number of rotatable bonds is 6. The average Bonchev–Trinajstić information content (AvgIpc) is 3.11. The maximum atomic E-state index is 13.4. The number of carbonyl (C=O) groups excluding carboxylic acids is 2. The number of aryl methyl sites for hydroxylation is 1. The first kappa shape index (κ1) is 28.4. The third-order valence-electron chi connectivity index (χ3n) is 9.13. The fraction of sp³-hybridized carbons (Fsp3) is 0.692. The monoisotopic (exact) mass is 569 g/mol. The van der Waals surface area contributed by atoms with Crippen LogP contribution in [0.1, 0.15) is 56.6 Å². The van der Waals surface area contributed by atoms with Gasteiger partial charge in [0.15, 0.2) is 6.29 Å². The Morgan fingerprint density at radius 2 is 1.97 bits per heavy atom. The number of amides is 1. The van der Waals surface area contributed by atoms with Gasteiger partial charge >= 0.3 is 10.4 Å². The van der Waals surface area contributed by atoms with Crippen LogP contribution < -0.4 is 9.50 Å². The van der Waals surface area contributed by atoms with Crippen LogP contribution in [0.2, 0.25) is 0 Å². The molecule has 4 aliphatic rings. The third kappa shape index (κ3) is 5.21. The quantitative estimate of drug-likeness (QED) is 0.295. The summed E-state index contributed by atoms with van der Waals surface area (Å²) in [5, 5.41) is 33.3. The van der Waals surface area contributed by atoms with Crippen molar-refractivity contribution in [2.75, 3.05) is 6.61 Å². The first-order valence-electron chi connectivity index (χ1n) is 13.2. The van der Waals surface area contributed by atoms with Crippen LogP contribution in [0.4, 0.5) is 0 Å². The lowest BCUT2D eigenvalue weighted by Crippen LogP contribution is -2.65. The minimum absolute atomic E-state index is 0.0326. The van der Waals surface area contributed by atoms with Crippen molar-refractivity contribution in [3.05, 3.63) is 29.3 Å². The van der Waals surface area contributed by atoms with E-state index in [9.17, 15) is 33.3 Å². The van der Waals surface area contributed by atoms with Crippen LogP contribution in [0.3, 0.4) is 0 Å². The summed E-state index contributed by atoms with van der Waals surface area (Å²) < 4.78 is 48.2. The molecule has 2 saturated carbocycles. The van der Waals surface area contributed by atoms with Gasteiger partial charge in [0.25, 0.3) is 0 Å². The maximum Gasteiger partial charge on any atom is 0.446 e. The van der Waals surface area contributed by atoms with Crippen LogP contribution in [0, 0.1) is 17.3 Å². The smallest absolute Gasteiger partial charge is 0.394 e. The Morgan fingerprint density at radius 1 is 1.23 bits per heavy atom. The van der Waals surface area contributed by atoms with Gasteiger partial charge in [0.1, 0.15) is 35.9 Å². The molecule has 5 N–H and O–H groups in total. The fourth-order valence-electron chi connectivity index (χ4n) is 7.43. The van der Waals surface area contributed by atoms with Gasteiger partial charge in [-0.25, -0.2) is 0 Å². The molecular weight excluding hydrogens is 534 g/mol. The van der Waals surface area contributed by atoms with Gasteiger partial charge in [-0.15, -0.1) is 0 Å². The Hall–Kier alpha value is -2.13. The summed E-state index contributed by atoms with van der Waals surface area (Å²) in [4.78, 5) is 25.2. The van der Waals surface area contributed by atoms with E-state index in [1.807, 2.05) is 13.0 Å². The molecule has 0 radical (unpaired) electrons. The van der Waals surface area contributed by atoms with Crippen LogP contribution in [0.15, 0.2) is 18.2 Å². The molecule has 13 heteroatoms. The van der Waals surface area contributed by atoms with Gasteiger partial charge in [0.2, 0.25) is 5.91 Å². The Balaban J connectivity index is 1.42. The first-order valence-corrected chi connectivity index (χ1v) is 14.6. The van der Waals surface area contributed by atoms with Crippen molar-refractivity contribution in [3.8, 4) is 5.75 Å². The van der Waals surface area contributed by atoms with Gasteiger partial charge in [-0.2, -0.15) is 8.42 Å². The molecule has 0 bridgehead atoms. The number of hydrogen-bond donors (Lipinski definition) is 5. The number of carbonyl (C=O) groups is 2. The highest BCUT2D eigenvalue weighted by Gasteiger charge is 2.60. The summed E-state index contributed by atoms with van der Waals surface area (Å²) in [5.41, 5.74) is 1.33. The van der Waals surface area contributed by atoms with E-state index in [0.717, 1.165) is 17.5 Å². The van der Waals surface area contributed by atoms with Crippen molar-refractivity contribution in [2.24, 2.45) is 17.3 Å². The van der Waals surface area contributed by atoms with E-state index >= 15 is 0 Å². The zero-order valence-corrected chi connectivity index (χ0v) is 22.5. The van der Waals surface area contributed by atoms with Crippen molar-refractivity contribution in [1.29, 1.82) is 0 Å². The van der Waals surface area contributed by atoms with E-state index in [1.165, 1.54) is 13.0 Å². The van der Waals surface area contributed by atoms with Gasteiger partial charge < -0.3 is 34.3 Å². The summed E-state index contributed by atoms with van der Waals surface area (Å²) in [6, 6.07) is 3.83. The second-order valence-electron chi connectivity index (χ2n) is 11.4. The van der Waals surface area contributed by atoms with Crippen LogP contribution in [-0.4, -0.2) is 83.3 Å². The second-order valence-corrected chi connectivity index (χ2v) is 12.4. The number of benzene rings is 1. The molecule has 5 rings (SSSR count).